The van der Waals surface area contributed by atoms with Gasteiger partial charge in [0.1, 0.15) is 11.5 Å². The number of benzene rings is 1. The van der Waals surface area contributed by atoms with E-state index in [0.29, 0.717) is 30.4 Å². The number of nitrogens with one attached hydrogen (secondary N) is 2. The summed E-state index contributed by atoms with van der Waals surface area (Å²) in [7, 11) is 0. The smallest absolute Gasteiger partial charge is 0.270 e. The Morgan fingerprint density at radius 2 is 2.00 bits per heavy atom. The average Bonchev–Trinajstić information content (AvgIpc) is 2.68. The molecule has 0 fully saturated rings. The predicted molar refractivity (Wildman–Crippen MR) is 104 cm³/mol. The fourth-order valence-corrected chi connectivity index (χ4v) is 3.11. The van der Waals surface area contributed by atoms with E-state index in [0.717, 1.165) is 24.8 Å². The number of anilines is 1. The molecule has 0 unspecified atom stereocenters. The Hall–Kier alpha value is -2.76. The lowest BCUT2D eigenvalue weighted by Gasteiger charge is -2.13. The van der Waals surface area contributed by atoms with E-state index < -0.39 is 0 Å². The molecule has 2 aromatic rings. The maximum Gasteiger partial charge on any atom is 0.270 e. The van der Waals surface area contributed by atoms with Gasteiger partial charge in [0, 0.05) is 18.8 Å². The van der Waals surface area contributed by atoms with Gasteiger partial charge in [0.2, 0.25) is 5.95 Å². The molecule has 27 heavy (non-hydrogen) atoms. The van der Waals surface area contributed by atoms with E-state index in [1.165, 1.54) is 30.5 Å². The van der Waals surface area contributed by atoms with Crippen molar-refractivity contribution in [1.82, 2.24) is 15.3 Å². The average molecular weight is 368 g/mol. The summed E-state index contributed by atoms with van der Waals surface area (Å²) in [5, 5.41) is 6.03. The summed E-state index contributed by atoms with van der Waals surface area (Å²) in [6, 6.07) is 7.90. The third-order valence-corrected chi connectivity index (χ3v) is 4.57. The zero-order valence-electron chi connectivity index (χ0n) is 15.6. The van der Waals surface area contributed by atoms with E-state index in [-0.39, 0.29) is 11.7 Å². The molecule has 0 atom stereocenters. The number of nitrogens with zero attached hydrogens (tertiary/aromatic N) is 2. The van der Waals surface area contributed by atoms with Gasteiger partial charge in [0.15, 0.2) is 0 Å². The van der Waals surface area contributed by atoms with Gasteiger partial charge in [0.05, 0.1) is 0 Å². The molecular weight excluding hydrogens is 343 g/mol. The molecule has 1 heterocycles. The SMILES string of the molecule is Cc1cc(C(=O)NCCC2=CCCCC2)nc(NCc2ccc(F)cc2)n1. The molecule has 0 radical (unpaired) electrons. The van der Waals surface area contributed by atoms with Crippen molar-refractivity contribution in [2.75, 3.05) is 11.9 Å². The number of rotatable bonds is 7. The van der Waals surface area contributed by atoms with Crippen molar-refractivity contribution >= 4 is 11.9 Å². The number of amides is 1. The molecule has 142 valence electrons. The van der Waals surface area contributed by atoms with Gasteiger partial charge in [-0.05, 0) is 62.8 Å². The van der Waals surface area contributed by atoms with Crippen molar-refractivity contribution in [3.8, 4) is 0 Å². The number of hydrogen-bond acceptors (Lipinski definition) is 4. The summed E-state index contributed by atoms with van der Waals surface area (Å²) in [4.78, 5) is 21.0. The Balaban J connectivity index is 1.55. The first-order valence-corrected chi connectivity index (χ1v) is 9.40. The van der Waals surface area contributed by atoms with Crippen molar-refractivity contribution < 1.29 is 9.18 Å². The second-order valence-electron chi connectivity index (χ2n) is 6.81. The number of hydrogen-bond donors (Lipinski definition) is 2. The van der Waals surface area contributed by atoms with Gasteiger partial charge in [-0.25, -0.2) is 14.4 Å². The molecule has 0 saturated carbocycles. The second-order valence-corrected chi connectivity index (χ2v) is 6.81. The van der Waals surface area contributed by atoms with E-state index in [4.69, 9.17) is 0 Å². The van der Waals surface area contributed by atoms with Crippen molar-refractivity contribution in [2.45, 2.75) is 45.6 Å². The molecule has 0 bridgehead atoms. The molecule has 0 saturated heterocycles. The highest BCUT2D eigenvalue weighted by molar-refractivity contribution is 5.92. The van der Waals surface area contributed by atoms with Gasteiger partial charge in [-0.15, -0.1) is 0 Å². The second kappa shape index (κ2) is 9.26. The summed E-state index contributed by atoms with van der Waals surface area (Å²) in [6.45, 7) is 2.90. The van der Waals surface area contributed by atoms with Crippen LogP contribution in [0, 0.1) is 12.7 Å². The molecule has 2 N–H and O–H groups in total. The molecule has 6 heteroatoms. The summed E-state index contributed by atoms with van der Waals surface area (Å²) in [5.41, 5.74) is 3.41. The van der Waals surface area contributed by atoms with Gasteiger partial charge >= 0.3 is 0 Å². The fourth-order valence-electron chi connectivity index (χ4n) is 3.11. The van der Waals surface area contributed by atoms with Gasteiger partial charge in [-0.3, -0.25) is 4.79 Å². The third-order valence-electron chi connectivity index (χ3n) is 4.57. The highest BCUT2D eigenvalue weighted by Crippen LogP contribution is 2.19. The van der Waals surface area contributed by atoms with Crippen LogP contribution in [-0.4, -0.2) is 22.4 Å². The summed E-state index contributed by atoms with van der Waals surface area (Å²) < 4.78 is 13.0. The molecule has 1 aliphatic rings. The summed E-state index contributed by atoms with van der Waals surface area (Å²) >= 11 is 0. The molecule has 3 rings (SSSR count). The van der Waals surface area contributed by atoms with Crippen LogP contribution in [-0.2, 0) is 6.54 Å². The zero-order valence-corrected chi connectivity index (χ0v) is 15.6. The van der Waals surface area contributed by atoms with Crippen LogP contribution < -0.4 is 10.6 Å². The molecule has 5 nitrogen and oxygen atoms in total. The van der Waals surface area contributed by atoms with E-state index in [1.807, 2.05) is 6.92 Å². The van der Waals surface area contributed by atoms with Crippen LogP contribution in [0.3, 0.4) is 0 Å². The highest BCUT2D eigenvalue weighted by Gasteiger charge is 2.11. The number of halogens is 1. The Morgan fingerprint density at radius 1 is 1.19 bits per heavy atom. The van der Waals surface area contributed by atoms with Crippen LogP contribution in [0.2, 0.25) is 0 Å². The lowest BCUT2D eigenvalue weighted by molar-refractivity contribution is 0.0949. The first-order chi connectivity index (χ1) is 13.1. The minimum Gasteiger partial charge on any atom is -0.350 e. The predicted octanol–water partition coefficient (Wildman–Crippen LogP) is 4.16. The van der Waals surface area contributed by atoms with Crippen LogP contribution in [0.5, 0.6) is 0 Å². The zero-order chi connectivity index (χ0) is 19.1. The van der Waals surface area contributed by atoms with Gasteiger partial charge in [-0.2, -0.15) is 0 Å². The minimum absolute atomic E-state index is 0.193. The van der Waals surface area contributed by atoms with Crippen molar-refractivity contribution in [3.05, 3.63) is 64.7 Å². The number of aryl methyl sites for hydroxylation is 1. The standard InChI is InChI=1S/C21H25FN4O/c1-15-13-19(20(27)23-12-11-16-5-3-2-4-6-16)26-21(25-15)24-14-17-7-9-18(22)10-8-17/h5,7-10,13H,2-4,6,11-12,14H2,1H3,(H,23,27)(H,24,25,26). The molecule has 1 amide bonds. The van der Waals surface area contributed by atoms with Crippen LogP contribution in [0.15, 0.2) is 42.0 Å². The highest BCUT2D eigenvalue weighted by atomic mass is 19.1. The number of allylic oxidation sites excluding steroid dienone is 1. The minimum atomic E-state index is -0.270. The van der Waals surface area contributed by atoms with Gasteiger partial charge in [0.25, 0.3) is 5.91 Å². The van der Waals surface area contributed by atoms with Crippen LogP contribution >= 0.6 is 0 Å². The molecule has 1 aliphatic carbocycles. The molecule has 0 spiro atoms. The van der Waals surface area contributed by atoms with Crippen molar-refractivity contribution in [2.24, 2.45) is 0 Å². The Morgan fingerprint density at radius 3 is 2.74 bits per heavy atom. The molecule has 1 aromatic heterocycles. The van der Waals surface area contributed by atoms with Crippen LogP contribution in [0.4, 0.5) is 10.3 Å². The van der Waals surface area contributed by atoms with E-state index >= 15 is 0 Å². The maximum atomic E-state index is 13.0. The molecule has 1 aromatic carbocycles. The monoisotopic (exact) mass is 368 g/mol. The van der Waals surface area contributed by atoms with Crippen LogP contribution in [0.25, 0.3) is 0 Å². The Bertz CT molecular complexity index is 817. The Kier molecular flexibility index (Phi) is 6.52. The topological polar surface area (TPSA) is 66.9 Å². The normalized spacial score (nSPS) is 13.8. The van der Waals surface area contributed by atoms with Gasteiger partial charge < -0.3 is 10.6 Å². The lowest BCUT2D eigenvalue weighted by atomic mass is 9.97. The molecule has 0 aliphatic heterocycles. The third kappa shape index (κ3) is 5.88. The van der Waals surface area contributed by atoms with Crippen molar-refractivity contribution in [1.29, 1.82) is 0 Å². The summed E-state index contributed by atoms with van der Waals surface area (Å²) in [6.07, 6.45) is 7.99. The number of carbonyl (C=O) groups is 1. The maximum absolute atomic E-state index is 13.0. The van der Waals surface area contributed by atoms with Crippen molar-refractivity contribution in [3.63, 3.8) is 0 Å². The van der Waals surface area contributed by atoms with E-state index in [2.05, 4.69) is 26.7 Å². The van der Waals surface area contributed by atoms with Gasteiger partial charge in [-0.1, -0.05) is 23.8 Å². The van der Waals surface area contributed by atoms with E-state index in [1.54, 1.807) is 18.2 Å². The fraction of sp³-hybridized carbons (Fsp3) is 0.381. The largest absolute Gasteiger partial charge is 0.350 e. The first-order valence-electron chi connectivity index (χ1n) is 9.40. The quantitative estimate of drug-likeness (QED) is 0.720. The van der Waals surface area contributed by atoms with E-state index in [9.17, 15) is 9.18 Å². The number of aromatic nitrogens is 2. The summed E-state index contributed by atoms with van der Waals surface area (Å²) in [5.74, 6) is -0.0743. The van der Waals surface area contributed by atoms with Crippen LogP contribution in [0.1, 0.15) is 53.8 Å². The Labute approximate surface area is 159 Å². The lowest BCUT2D eigenvalue weighted by Crippen LogP contribution is -2.26. The molecular formula is C21H25FN4O. The first kappa shape index (κ1) is 19.0. The number of carbonyl (C=O) groups excluding carboxylic acids is 1.